The van der Waals surface area contributed by atoms with E-state index in [-0.39, 0.29) is 30.8 Å². The third-order valence-electron chi connectivity index (χ3n) is 5.67. The minimum atomic E-state index is -4.52. The van der Waals surface area contributed by atoms with Crippen LogP contribution in [0.4, 0.5) is 23.2 Å². The highest BCUT2D eigenvalue weighted by Gasteiger charge is 2.35. The largest absolute Gasteiger partial charge is 0.473 e. The molecule has 1 atom stereocenters. The number of halogens is 4. The summed E-state index contributed by atoms with van der Waals surface area (Å²) in [5, 5.41) is 3.00. The van der Waals surface area contributed by atoms with E-state index in [1.165, 1.54) is 18.2 Å². The van der Waals surface area contributed by atoms with Gasteiger partial charge < -0.3 is 15.0 Å². The van der Waals surface area contributed by atoms with Crippen molar-refractivity contribution in [2.45, 2.75) is 57.0 Å². The Morgan fingerprint density at radius 1 is 1.16 bits per heavy atom. The van der Waals surface area contributed by atoms with E-state index in [2.05, 4.69) is 10.3 Å². The molecule has 5 nitrogen and oxygen atoms in total. The third kappa shape index (κ3) is 4.91. The molecule has 1 amide bonds. The number of hydrogen-bond donors (Lipinski definition) is 1. The van der Waals surface area contributed by atoms with Crippen molar-refractivity contribution < 1.29 is 27.1 Å². The number of amides is 1. The van der Waals surface area contributed by atoms with Crippen LogP contribution in [-0.4, -0.2) is 29.6 Å². The van der Waals surface area contributed by atoms with Gasteiger partial charge in [-0.25, -0.2) is 4.39 Å². The minimum absolute atomic E-state index is 0.0302. The van der Waals surface area contributed by atoms with Crippen LogP contribution < -0.4 is 15.0 Å². The quantitative estimate of drug-likeness (QED) is 0.718. The van der Waals surface area contributed by atoms with E-state index in [9.17, 15) is 22.4 Å². The molecule has 0 bridgehead atoms. The maximum Gasteiger partial charge on any atom is 0.433 e. The predicted molar refractivity (Wildman–Crippen MR) is 106 cm³/mol. The maximum atomic E-state index is 14.4. The second-order valence-corrected chi connectivity index (χ2v) is 7.97. The lowest BCUT2D eigenvalue weighted by atomic mass is 9.95. The van der Waals surface area contributed by atoms with Crippen LogP contribution in [0.1, 0.15) is 43.4 Å². The molecule has 31 heavy (non-hydrogen) atoms. The van der Waals surface area contributed by atoms with Crippen LogP contribution in [0.25, 0.3) is 0 Å². The van der Waals surface area contributed by atoms with Crippen molar-refractivity contribution in [2.24, 2.45) is 0 Å². The predicted octanol–water partition coefficient (Wildman–Crippen LogP) is 4.46. The molecule has 1 aliphatic heterocycles. The number of alkyl halides is 3. The fraction of sp³-hybridized carbons (Fsp3) is 0.455. The number of carbonyl (C=O) groups excluding carboxylic acids is 1. The lowest BCUT2D eigenvalue weighted by Crippen LogP contribution is -2.51. The Morgan fingerprint density at radius 3 is 2.61 bits per heavy atom. The third-order valence-corrected chi connectivity index (χ3v) is 5.67. The SMILES string of the molecule is O=C(NC1CCCCC1)C1CN(Cc2ccc(C(F)(F)F)nc2)c2cccc(F)c2O1. The molecule has 1 unspecified atom stereocenters. The average molecular weight is 437 g/mol. The average Bonchev–Trinajstić information content (AvgIpc) is 2.75. The number of nitrogens with zero attached hydrogens (tertiary/aromatic N) is 2. The topological polar surface area (TPSA) is 54.5 Å². The van der Waals surface area contributed by atoms with Crippen LogP contribution >= 0.6 is 0 Å². The Hall–Kier alpha value is -2.84. The van der Waals surface area contributed by atoms with Crippen LogP contribution in [-0.2, 0) is 17.5 Å². The molecule has 1 aromatic heterocycles. The van der Waals surface area contributed by atoms with Crippen LogP contribution in [0.15, 0.2) is 36.5 Å². The molecule has 0 radical (unpaired) electrons. The van der Waals surface area contributed by atoms with Crippen molar-refractivity contribution in [3.05, 3.63) is 53.6 Å². The van der Waals surface area contributed by atoms with Gasteiger partial charge in [-0.05, 0) is 36.6 Å². The van der Waals surface area contributed by atoms with Gasteiger partial charge in [0, 0.05) is 18.8 Å². The highest BCUT2D eigenvalue weighted by Crippen LogP contribution is 2.37. The van der Waals surface area contributed by atoms with Crippen molar-refractivity contribution in [1.82, 2.24) is 10.3 Å². The summed E-state index contributed by atoms with van der Waals surface area (Å²) in [6.45, 7) is 0.314. The van der Waals surface area contributed by atoms with E-state index < -0.39 is 23.8 Å². The van der Waals surface area contributed by atoms with E-state index in [1.54, 1.807) is 11.0 Å². The van der Waals surface area contributed by atoms with Crippen LogP contribution in [0, 0.1) is 5.82 Å². The van der Waals surface area contributed by atoms with E-state index >= 15 is 0 Å². The number of carbonyl (C=O) groups is 1. The highest BCUT2D eigenvalue weighted by atomic mass is 19.4. The molecule has 1 aliphatic carbocycles. The monoisotopic (exact) mass is 437 g/mol. The maximum absolute atomic E-state index is 14.4. The highest BCUT2D eigenvalue weighted by molar-refractivity contribution is 5.83. The summed E-state index contributed by atoms with van der Waals surface area (Å²) in [7, 11) is 0. The first-order chi connectivity index (χ1) is 14.8. The smallest absolute Gasteiger partial charge is 0.433 e. The Kier molecular flexibility index (Phi) is 6.02. The molecular weight excluding hydrogens is 414 g/mol. The van der Waals surface area contributed by atoms with Crippen LogP contribution in [0.2, 0.25) is 0 Å². The molecule has 0 saturated heterocycles. The van der Waals surface area contributed by atoms with Gasteiger partial charge in [0.1, 0.15) is 5.69 Å². The molecule has 0 spiro atoms. The lowest BCUT2D eigenvalue weighted by Gasteiger charge is -2.36. The first-order valence-corrected chi connectivity index (χ1v) is 10.3. The first-order valence-electron chi connectivity index (χ1n) is 10.3. The number of pyridine rings is 1. The molecule has 2 aliphatic rings. The summed E-state index contributed by atoms with van der Waals surface area (Å²) in [6, 6.07) is 6.76. The number of nitrogens with one attached hydrogen (secondary N) is 1. The zero-order valence-corrected chi connectivity index (χ0v) is 16.8. The number of fused-ring (bicyclic) bond motifs is 1. The molecule has 4 rings (SSSR count). The zero-order valence-electron chi connectivity index (χ0n) is 16.8. The van der Waals surface area contributed by atoms with Gasteiger partial charge in [-0.2, -0.15) is 13.2 Å². The van der Waals surface area contributed by atoms with Crippen molar-refractivity contribution >= 4 is 11.6 Å². The summed E-state index contributed by atoms with van der Waals surface area (Å²) in [5.74, 6) is -0.933. The summed E-state index contributed by atoms with van der Waals surface area (Å²) in [5.41, 5.74) is -0.0208. The van der Waals surface area contributed by atoms with Gasteiger partial charge in [0.25, 0.3) is 5.91 Å². The van der Waals surface area contributed by atoms with Gasteiger partial charge in [-0.15, -0.1) is 0 Å². The number of hydrogen-bond acceptors (Lipinski definition) is 4. The fourth-order valence-electron chi connectivity index (χ4n) is 4.07. The summed E-state index contributed by atoms with van der Waals surface area (Å²) >= 11 is 0. The number of para-hydroxylation sites is 1. The van der Waals surface area contributed by atoms with Gasteiger partial charge in [0.2, 0.25) is 0 Å². The van der Waals surface area contributed by atoms with E-state index in [0.717, 1.165) is 44.4 Å². The first kappa shape index (κ1) is 21.4. The Morgan fingerprint density at radius 2 is 1.94 bits per heavy atom. The molecule has 166 valence electrons. The minimum Gasteiger partial charge on any atom is -0.473 e. The summed E-state index contributed by atoms with van der Waals surface area (Å²) < 4.78 is 58.5. The van der Waals surface area contributed by atoms with Crippen molar-refractivity contribution in [2.75, 3.05) is 11.4 Å². The molecule has 1 aromatic carbocycles. The molecule has 1 N–H and O–H groups in total. The number of rotatable bonds is 4. The van der Waals surface area contributed by atoms with Gasteiger partial charge in [-0.3, -0.25) is 9.78 Å². The van der Waals surface area contributed by atoms with Crippen LogP contribution in [0.5, 0.6) is 5.75 Å². The second-order valence-electron chi connectivity index (χ2n) is 7.97. The summed E-state index contributed by atoms with van der Waals surface area (Å²) in [4.78, 5) is 18.0. The molecule has 1 fully saturated rings. The fourth-order valence-corrected chi connectivity index (χ4v) is 4.07. The van der Waals surface area contributed by atoms with E-state index in [4.69, 9.17) is 4.74 Å². The second kappa shape index (κ2) is 8.72. The number of anilines is 1. The van der Waals surface area contributed by atoms with Crippen molar-refractivity contribution in [1.29, 1.82) is 0 Å². The van der Waals surface area contributed by atoms with Gasteiger partial charge in [0.15, 0.2) is 17.7 Å². The Bertz CT molecular complexity index is 927. The lowest BCUT2D eigenvalue weighted by molar-refractivity contribution is -0.141. The van der Waals surface area contributed by atoms with E-state index in [1.807, 2.05) is 0 Å². The number of benzene rings is 1. The number of aromatic nitrogens is 1. The Balaban J connectivity index is 1.53. The standard InChI is InChI=1S/C22H23F4N3O2/c23-16-7-4-8-17-20(16)31-18(21(30)28-15-5-2-1-3-6-15)13-29(17)12-14-9-10-19(27-11-14)22(24,25)26/h4,7-11,15,18H,1-3,5-6,12-13H2,(H,28,30). The van der Waals surface area contributed by atoms with Crippen molar-refractivity contribution in [3.63, 3.8) is 0 Å². The normalized spacial score (nSPS) is 19.5. The zero-order chi connectivity index (χ0) is 22.0. The Labute approximate surface area is 177 Å². The molecular formula is C22H23F4N3O2. The molecule has 2 heterocycles. The van der Waals surface area contributed by atoms with Gasteiger partial charge in [0.05, 0.1) is 12.2 Å². The summed E-state index contributed by atoms with van der Waals surface area (Å²) in [6.07, 6.45) is 0.786. The molecule has 9 heteroatoms. The molecule has 1 saturated carbocycles. The van der Waals surface area contributed by atoms with Gasteiger partial charge >= 0.3 is 6.18 Å². The molecule has 2 aromatic rings. The van der Waals surface area contributed by atoms with Gasteiger partial charge in [-0.1, -0.05) is 31.4 Å². The van der Waals surface area contributed by atoms with Crippen LogP contribution in [0.3, 0.4) is 0 Å². The van der Waals surface area contributed by atoms with E-state index in [0.29, 0.717) is 11.3 Å². The van der Waals surface area contributed by atoms with Crippen molar-refractivity contribution in [3.8, 4) is 5.75 Å². The number of ether oxygens (including phenoxy) is 1.